The van der Waals surface area contributed by atoms with Gasteiger partial charge in [-0.1, -0.05) is 23.7 Å². The number of β-amino-alcohol motifs (C(OH)–C–C–N with tert-alkyl or cyclic N) is 1. The lowest BCUT2D eigenvalue weighted by Gasteiger charge is -2.17. The first-order valence-corrected chi connectivity index (χ1v) is 9.61. The minimum Gasteiger partial charge on any atom is -0.504 e. The highest BCUT2D eigenvalue weighted by Crippen LogP contribution is 2.36. The summed E-state index contributed by atoms with van der Waals surface area (Å²) in [6.45, 7) is -0.652. The van der Waals surface area contributed by atoms with Crippen molar-refractivity contribution in [2.45, 2.75) is 6.54 Å². The molecule has 10 heteroatoms. The van der Waals surface area contributed by atoms with Gasteiger partial charge >= 0.3 is 0 Å². The first-order chi connectivity index (χ1) is 14.8. The molecule has 2 aliphatic rings. The average molecular weight is 442 g/mol. The Morgan fingerprint density at radius 1 is 0.935 bits per heavy atom. The van der Waals surface area contributed by atoms with Gasteiger partial charge in [-0.25, -0.2) is 0 Å². The number of imide groups is 2. The van der Waals surface area contributed by atoms with Crippen molar-refractivity contribution in [1.29, 1.82) is 0 Å². The van der Waals surface area contributed by atoms with Crippen LogP contribution in [0.4, 0.5) is 5.69 Å². The summed E-state index contributed by atoms with van der Waals surface area (Å²) in [5.41, 5.74) is 0.948. The molecule has 2 aromatic carbocycles. The molecular weight excluding hydrogens is 426 g/mol. The van der Waals surface area contributed by atoms with E-state index in [-0.39, 0.29) is 41.9 Å². The second-order valence-corrected chi connectivity index (χ2v) is 7.32. The molecule has 4 amide bonds. The molecule has 0 saturated carbocycles. The van der Waals surface area contributed by atoms with Gasteiger partial charge in [0, 0.05) is 6.08 Å². The van der Waals surface area contributed by atoms with Crippen molar-refractivity contribution in [2.75, 3.05) is 18.5 Å². The number of hydrogen-bond donors (Lipinski definition) is 3. The lowest BCUT2D eigenvalue weighted by Crippen LogP contribution is -2.34. The van der Waals surface area contributed by atoms with Crippen molar-refractivity contribution in [3.05, 3.63) is 69.9 Å². The summed E-state index contributed by atoms with van der Waals surface area (Å²) in [5.74, 6) is -2.53. The molecule has 2 aromatic rings. The van der Waals surface area contributed by atoms with Gasteiger partial charge in [0.1, 0.15) is 5.70 Å². The number of benzene rings is 2. The molecule has 0 bridgehead atoms. The van der Waals surface area contributed by atoms with Crippen LogP contribution in [0.1, 0.15) is 26.3 Å². The largest absolute Gasteiger partial charge is 0.504 e. The highest BCUT2D eigenvalue weighted by atomic mass is 35.5. The molecule has 0 spiro atoms. The third-order valence-electron chi connectivity index (χ3n) is 4.94. The lowest BCUT2D eigenvalue weighted by atomic mass is 10.1. The fourth-order valence-electron chi connectivity index (χ4n) is 3.46. The van der Waals surface area contributed by atoms with Crippen molar-refractivity contribution in [3.8, 4) is 5.75 Å². The van der Waals surface area contributed by atoms with E-state index in [9.17, 15) is 24.3 Å². The molecule has 3 N–H and O–H groups in total. The molecule has 2 heterocycles. The number of carbonyl (C=O) groups is 4. The number of rotatable bonds is 6. The van der Waals surface area contributed by atoms with Crippen molar-refractivity contribution in [2.24, 2.45) is 0 Å². The summed E-state index contributed by atoms with van der Waals surface area (Å²) in [6.07, 6.45) is 1.04. The van der Waals surface area contributed by atoms with Crippen LogP contribution in [0.3, 0.4) is 0 Å². The average Bonchev–Trinajstić information content (AvgIpc) is 3.15. The Bertz CT molecular complexity index is 1140. The molecule has 0 saturated heterocycles. The molecule has 0 unspecified atom stereocenters. The molecule has 31 heavy (non-hydrogen) atoms. The maximum atomic E-state index is 12.6. The van der Waals surface area contributed by atoms with E-state index in [1.807, 2.05) is 0 Å². The second-order valence-electron chi connectivity index (χ2n) is 6.92. The van der Waals surface area contributed by atoms with Crippen LogP contribution in [-0.2, 0) is 16.1 Å². The Labute approximate surface area is 181 Å². The zero-order valence-corrected chi connectivity index (χ0v) is 16.7. The third kappa shape index (κ3) is 3.54. The van der Waals surface area contributed by atoms with Gasteiger partial charge in [0.05, 0.1) is 41.5 Å². The molecule has 2 aliphatic heterocycles. The van der Waals surface area contributed by atoms with Gasteiger partial charge in [0.2, 0.25) is 0 Å². The van der Waals surface area contributed by atoms with E-state index in [1.165, 1.54) is 12.1 Å². The smallest absolute Gasteiger partial charge is 0.277 e. The predicted molar refractivity (Wildman–Crippen MR) is 109 cm³/mol. The number of nitrogens with one attached hydrogen (secondary N) is 1. The molecule has 0 aromatic heterocycles. The Morgan fingerprint density at radius 2 is 1.58 bits per heavy atom. The standard InChI is InChI=1S/C21H16ClN3O6/c22-14-7-11(10-25-19(29)12-3-1-2-4-13(12)20(25)30)8-15(18(14)28)23-16-9-17(27)24(5-6-26)21(16)31/h1-4,7-9,23,26,28H,5-6,10H2. The van der Waals surface area contributed by atoms with Gasteiger partial charge in [-0.2, -0.15) is 0 Å². The number of aliphatic hydroxyl groups is 1. The van der Waals surface area contributed by atoms with E-state index in [0.717, 1.165) is 15.9 Å². The number of phenolic OH excluding ortho intramolecular Hbond substituents is 1. The van der Waals surface area contributed by atoms with E-state index in [2.05, 4.69) is 5.32 Å². The van der Waals surface area contributed by atoms with Crippen molar-refractivity contribution in [1.82, 2.24) is 9.80 Å². The van der Waals surface area contributed by atoms with Crippen LogP contribution >= 0.6 is 11.6 Å². The SMILES string of the molecule is O=C1C=C(Nc2cc(CN3C(=O)c4ccccc4C3=O)cc(Cl)c2O)C(=O)N1CCO. The Kier molecular flexibility index (Phi) is 5.22. The van der Waals surface area contributed by atoms with Gasteiger partial charge < -0.3 is 15.5 Å². The van der Waals surface area contributed by atoms with Gasteiger partial charge in [0.25, 0.3) is 23.6 Å². The highest BCUT2D eigenvalue weighted by molar-refractivity contribution is 6.32. The molecule has 0 fully saturated rings. The first-order valence-electron chi connectivity index (χ1n) is 9.24. The molecular formula is C21H16ClN3O6. The fourth-order valence-corrected chi connectivity index (χ4v) is 3.70. The van der Waals surface area contributed by atoms with Gasteiger partial charge in [-0.3, -0.25) is 29.0 Å². The summed E-state index contributed by atoms with van der Waals surface area (Å²) < 4.78 is 0. The van der Waals surface area contributed by atoms with Crippen LogP contribution in [-0.4, -0.2) is 56.8 Å². The number of amides is 4. The number of phenols is 1. The van der Waals surface area contributed by atoms with Gasteiger partial charge in [-0.15, -0.1) is 0 Å². The zero-order chi connectivity index (χ0) is 22.3. The maximum absolute atomic E-state index is 12.6. The number of carbonyl (C=O) groups excluding carboxylic acids is 4. The second kappa shape index (κ2) is 7.86. The fraction of sp³-hybridized carbons (Fsp3) is 0.143. The molecule has 0 radical (unpaired) electrons. The number of fused-ring (bicyclic) bond motifs is 1. The van der Waals surface area contributed by atoms with Crippen molar-refractivity contribution >= 4 is 40.9 Å². The topological polar surface area (TPSA) is 127 Å². The summed E-state index contributed by atoms with van der Waals surface area (Å²) in [7, 11) is 0. The van der Waals surface area contributed by atoms with E-state index >= 15 is 0 Å². The first kappa shape index (κ1) is 20.6. The highest BCUT2D eigenvalue weighted by Gasteiger charge is 2.35. The minimum atomic E-state index is -0.666. The minimum absolute atomic E-state index is 0.0253. The molecule has 4 rings (SSSR count). The van der Waals surface area contributed by atoms with E-state index < -0.39 is 23.6 Å². The summed E-state index contributed by atoms with van der Waals surface area (Å²) in [6, 6.07) is 9.30. The van der Waals surface area contributed by atoms with E-state index in [0.29, 0.717) is 16.7 Å². The summed E-state index contributed by atoms with van der Waals surface area (Å²) in [4.78, 5) is 51.3. The van der Waals surface area contributed by atoms with Gasteiger partial charge in [-0.05, 0) is 29.8 Å². The van der Waals surface area contributed by atoms with Crippen molar-refractivity contribution in [3.63, 3.8) is 0 Å². The molecule has 0 atom stereocenters. The predicted octanol–water partition coefficient (Wildman–Crippen LogP) is 1.50. The Hall–Kier alpha value is -3.69. The Morgan fingerprint density at radius 3 is 2.19 bits per heavy atom. The summed E-state index contributed by atoms with van der Waals surface area (Å²) >= 11 is 6.10. The molecule has 158 valence electrons. The van der Waals surface area contributed by atoms with Crippen molar-refractivity contribution < 1.29 is 29.4 Å². The maximum Gasteiger partial charge on any atom is 0.277 e. The van der Waals surface area contributed by atoms with Crippen LogP contribution in [0.2, 0.25) is 5.02 Å². The number of halogens is 1. The Balaban J connectivity index is 1.59. The zero-order valence-electron chi connectivity index (χ0n) is 16.0. The van der Waals surface area contributed by atoms with Crippen LogP contribution in [0.15, 0.2) is 48.2 Å². The quantitative estimate of drug-likeness (QED) is 0.458. The number of nitrogens with zero attached hydrogens (tertiary/aromatic N) is 2. The number of aliphatic hydroxyl groups excluding tert-OH is 1. The van der Waals surface area contributed by atoms with Gasteiger partial charge in [0.15, 0.2) is 5.75 Å². The normalized spacial score (nSPS) is 15.6. The number of anilines is 1. The molecule has 9 nitrogen and oxygen atoms in total. The third-order valence-corrected chi connectivity index (χ3v) is 5.23. The molecule has 0 aliphatic carbocycles. The van der Waals surface area contributed by atoms with Crippen LogP contribution < -0.4 is 5.32 Å². The van der Waals surface area contributed by atoms with E-state index in [1.54, 1.807) is 24.3 Å². The van der Waals surface area contributed by atoms with Crippen LogP contribution in [0.25, 0.3) is 0 Å². The number of aromatic hydroxyl groups is 1. The summed E-state index contributed by atoms with van der Waals surface area (Å²) in [5, 5.41) is 21.9. The number of hydrogen-bond acceptors (Lipinski definition) is 7. The van der Waals surface area contributed by atoms with E-state index in [4.69, 9.17) is 16.7 Å². The monoisotopic (exact) mass is 441 g/mol. The van der Waals surface area contributed by atoms with Crippen LogP contribution in [0, 0.1) is 0 Å². The lowest BCUT2D eigenvalue weighted by molar-refractivity contribution is -0.137. The van der Waals surface area contributed by atoms with Crippen LogP contribution in [0.5, 0.6) is 5.75 Å².